The topological polar surface area (TPSA) is 0 Å². The van der Waals surface area contributed by atoms with Gasteiger partial charge in [-0.2, -0.15) is 23.4 Å². The predicted molar refractivity (Wildman–Crippen MR) is 41.2 cm³/mol. The van der Waals surface area contributed by atoms with Gasteiger partial charge in [-0.3, -0.25) is 0 Å². The smallest absolute Gasteiger partial charge is 0.153 e. The molecule has 1 atom stereocenters. The maximum absolute atomic E-state index is 2.23. The molecule has 0 aromatic rings. The third-order valence-electron chi connectivity index (χ3n) is 0.604. The normalized spacial score (nSPS) is 6.14. The Hall–Kier alpha value is 1.40. The summed E-state index contributed by atoms with van der Waals surface area (Å²) < 4.78 is 0. The Morgan fingerprint density at radius 2 is 1.86 bits per heavy atom. The molecule has 0 nitrogen and oxygen atoms in total. The Kier molecular flexibility index (Phi) is 35.3. The van der Waals surface area contributed by atoms with E-state index in [1.54, 1.807) is 0 Å². The monoisotopic (exact) mass is 189 g/mol. The van der Waals surface area contributed by atoms with E-state index >= 15 is 0 Å². The molecule has 0 radical (unpaired) electrons. The Balaban J connectivity index is -0.0000000800. The van der Waals surface area contributed by atoms with Crippen molar-refractivity contribution in [3.8, 4) is 0 Å². The van der Waals surface area contributed by atoms with E-state index in [1.165, 1.54) is 36.2 Å². The molecule has 1 unspecified atom stereocenters. The third-order valence-corrected chi connectivity index (χ3v) is 1.65. The summed E-state index contributed by atoms with van der Waals surface area (Å²) in [5, 5.41) is 1.47. The summed E-state index contributed by atoms with van der Waals surface area (Å²) in [6.07, 6.45) is 2.82. The summed E-state index contributed by atoms with van der Waals surface area (Å²) in [5.74, 6) is 0. The van der Waals surface area contributed by atoms with Crippen LogP contribution in [0.4, 0.5) is 0 Å². The molecule has 43 valence electrons. The molecule has 0 aliphatic rings. The fraction of sp³-hybridized carbons (Fsp3) is 1.00. The van der Waals surface area contributed by atoms with Crippen LogP contribution in [-0.2, 0) is 18.3 Å². The van der Waals surface area contributed by atoms with Gasteiger partial charge in [-0.15, -0.1) is 0 Å². The summed E-state index contributed by atoms with van der Waals surface area (Å²) in [5.41, 5.74) is 0. The number of rotatable bonds is 2. The van der Waals surface area contributed by atoms with Crippen molar-refractivity contribution >= 4 is 23.4 Å². The second kappa shape index (κ2) is 15.7. The SMILES string of the molecule is CCC[CH2][Zn].P.S. The Morgan fingerprint density at radius 1 is 1.43 bits per heavy atom. The fourth-order valence-corrected chi connectivity index (χ4v) is 1.30. The van der Waals surface area contributed by atoms with E-state index in [0.717, 1.165) is 0 Å². The van der Waals surface area contributed by atoms with Crippen molar-refractivity contribution in [1.82, 2.24) is 0 Å². The first-order valence-corrected chi connectivity index (χ1v) is 4.31. The van der Waals surface area contributed by atoms with Crippen molar-refractivity contribution in [3.05, 3.63) is 0 Å². The minimum Gasteiger partial charge on any atom is -0.197 e. The molecule has 7 heavy (non-hydrogen) atoms. The minimum atomic E-state index is 0. The molecule has 0 rings (SSSR count). The van der Waals surface area contributed by atoms with Crippen LogP contribution in [-0.4, -0.2) is 0 Å². The summed E-state index contributed by atoms with van der Waals surface area (Å²) in [6, 6.07) is 0. The molecular weight excluding hydrogens is 176 g/mol. The van der Waals surface area contributed by atoms with Crippen LogP contribution in [0.2, 0.25) is 5.02 Å². The summed E-state index contributed by atoms with van der Waals surface area (Å²) in [4.78, 5) is 0. The van der Waals surface area contributed by atoms with Crippen LogP contribution in [0, 0.1) is 0 Å². The van der Waals surface area contributed by atoms with Gasteiger partial charge in [-0.05, 0) is 0 Å². The molecule has 0 spiro atoms. The van der Waals surface area contributed by atoms with E-state index in [9.17, 15) is 0 Å². The Morgan fingerprint density at radius 3 is 1.86 bits per heavy atom. The predicted octanol–water partition coefficient (Wildman–Crippen LogP) is 1.92. The molecule has 0 aliphatic carbocycles. The van der Waals surface area contributed by atoms with E-state index in [4.69, 9.17) is 0 Å². The van der Waals surface area contributed by atoms with E-state index < -0.39 is 0 Å². The molecule has 0 saturated heterocycles. The molecule has 0 N–H and O–H groups in total. The van der Waals surface area contributed by atoms with Crippen LogP contribution >= 0.6 is 23.4 Å². The fourth-order valence-electron chi connectivity index (χ4n) is 0.250. The first-order valence-electron chi connectivity index (χ1n) is 2.21. The van der Waals surface area contributed by atoms with E-state index in [0.29, 0.717) is 0 Å². The quantitative estimate of drug-likeness (QED) is 0.461. The molecule has 0 aromatic heterocycles. The molecule has 0 bridgehead atoms. The summed E-state index contributed by atoms with van der Waals surface area (Å²) in [7, 11) is 0. The molecule has 0 heterocycles. The van der Waals surface area contributed by atoms with Gasteiger partial charge in [0.25, 0.3) is 0 Å². The van der Waals surface area contributed by atoms with Crippen LogP contribution in [0.25, 0.3) is 0 Å². The zero-order valence-electron chi connectivity index (χ0n) is 5.04. The van der Waals surface area contributed by atoms with Crippen LogP contribution < -0.4 is 0 Å². The van der Waals surface area contributed by atoms with Crippen LogP contribution in [0.5, 0.6) is 0 Å². The zero-order chi connectivity index (χ0) is 4.12. The largest absolute Gasteiger partial charge is 0.197 e. The van der Waals surface area contributed by atoms with Crippen molar-refractivity contribution in [2.24, 2.45) is 0 Å². The van der Waals surface area contributed by atoms with Crippen LogP contribution in [0.15, 0.2) is 0 Å². The molecule has 0 aliphatic heterocycles. The van der Waals surface area contributed by atoms with Crippen molar-refractivity contribution in [2.75, 3.05) is 0 Å². The summed E-state index contributed by atoms with van der Waals surface area (Å²) in [6.45, 7) is 2.23. The second-order valence-electron chi connectivity index (χ2n) is 1.21. The zero-order valence-corrected chi connectivity index (χ0v) is 10.4. The molecule has 0 amide bonds. The first-order chi connectivity index (χ1) is 2.41. The van der Waals surface area contributed by atoms with Gasteiger partial charge in [0.05, 0.1) is 0 Å². The molecule has 0 aromatic carbocycles. The average Bonchev–Trinajstić information content (AvgIpc) is 1.41. The van der Waals surface area contributed by atoms with Gasteiger partial charge in [-0.1, -0.05) is 0 Å². The van der Waals surface area contributed by atoms with Crippen molar-refractivity contribution in [2.45, 2.75) is 24.8 Å². The summed E-state index contributed by atoms with van der Waals surface area (Å²) >= 11 is 1.48. The van der Waals surface area contributed by atoms with Gasteiger partial charge >= 0.3 is 43.1 Å². The van der Waals surface area contributed by atoms with Gasteiger partial charge < -0.3 is 0 Å². The van der Waals surface area contributed by atoms with E-state index in [1.807, 2.05) is 0 Å². The molecule has 3 heteroatoms. The van der Waals surface area contributed by atoms with E-state index in [-0.39, 0.29) is 23.4 Å². The third kappa shape index (κ3) is 18.7. The van der Waals surface area contributed by atoms with Gasteiger partial charge in [0.2, 0.25) is 0 Å². The van der Waals surface area contributed by atoms with E-state index in [2.05, 4.69) is 6.92 Å². The van der Waals surface area contributed by atoms with Crippen LogP contribution in [0.3, 0.4) is 0 Å². The standard InChI is InChI=1S/C4H9.H3P.H2S.Zn/c1-3-4-2;;;/h1,3-4H2,2H3;1H3;1H2;. The minimum absolute atomic E-state index is 0. The van der Waals surface area contributed by atoms with Gasteiger partial charge in [-0.25, -0.2) is 0 Å². The first kappa shape index (κ1) is 15.8. The maximum atomic E-state index is 2.23. The molecule has 0 saturated carbocycles. The van der Waals surface area contributed by atoms with Gasteiger partial charge in [0.1, 0.15) is 0 Å². The maximum Gasteiger partial charge on any atom is -0.153 e. The number of hydrogen-bond acceptors (Lipinski definition) is 0. The van der Waals surface area contributed by atoms with Crippen molar-refractivity contribution < 1.29 is 18.3 Å². The second-order valence-corrected chi connectivity index (χ2v) is 2.69. The Bertz CT molecular complexity index is 19.2. The number of unbranched alkanes of at least 4 members (excludes halogenated alkanes) is 1. The van der Waals surface area contributed by atoms with Crippen molar-refractivity contribution in [3.63, 3.8) is 0 Å². The number of hydrogen-bond donors (Lipinski definition) is 0. The molecular formula is C4H14PSZn. The average molecular weight is 191 g/mol. The Labute approximate surface area is 66.6 Å². The molecule has 0 fully saturated rings. The van der Waals surface area contributed by atoms with Gasteiger partial charge in [0.15, 0.2) is 0 Å². The van der Waals surface area contributed by atoms with Gasteiger partial charge in [0, 0.05) is 0 Å². The van der Waals surface area contributed by atoms with Crippen molar-refractivity contribution in [1.29, 1.82) is 0 Å². The van der Waals surface area contributed by atoms with Crippen LogP contribution in [0.1, 0.15) is 19.8 Å².